The maximum Gasteiger partial charge on any atom is 0.253 e. The fourth-order valence-corrected chi connectivity index (χ4v) is 3.60. The van der Waals surface area contributed by atoms with Crippen LogP contribution in [0.5, 0.6) is 0 Å². The number of imidazole rings is 1. The summed E-state index contributed by atoms with van der Waals surface area (Å²) < 4.78 is 0.932. The molecule has 0 saturated carbocycles. The number of carbonyl (C=O) groups excluding carboxylic acids is 1. The van der Waals surface area contributed by atoms with Crippen LogP contribution in [0, 0.1) is 0 Å². The van der Waals surface area contributed by atoms with E-state index < -0.39 is 0 Å². The van der Waals surface area contributed by atoms with Crippen molar-refractivity contribution in [2.24, 2.45) is 0 Å². The van der Waals surface area contributed by atoms with E-state index in [0.29, 0.717) is 0 Å². The van der Waals surface area contributed by atoms with E-state index in [0.717, 1.165) is 59.6 Å². The Morgan fingerprint density at radius 1 is 1.08 bits per heavy atom. The number of H-pyrrole nitrogens is 1. The van der Waals surface area contributed by atoms with Gasteiger partial charge in [-0.05, 0) is 30.3 Å². The van der Waals surface area contributed by atoms with Gasteiger partial charge in [0.1, 0.15) is 5.82 Å². The molecule has 2 heterocycles. The molecule has 25 heavy (non-hydrogen) atoms. The Morgan fingerprint density at radius 3 is 2.64 bits per heavy atom. The van der Waals surface area contributed by atoms with Crippen molar-refractivity contribution in [2.75, 3.05) is 26.2 Å². The van der Waals surface area contributed by atoms with Gasteiger partial charge < -0.3 is 9.88 Å². The highest BCUT2D eigenvalue weighted by Gasteiger charge is 2.22. The first-order valence-corrected chi connectivity index (χ1v) is 9.19. The topological polar surface area (TPSA) is 52.2 Å². The van der Waals surface area contributed by atoms with Crippen LogP contribution in [-0.4, -0.2) is 51.9 Å². The number of nitrogens with zero attached hydrogens (tertiary/aromatic N) is 3. The lowest BCUT2D eigenvalue weighted by molar-refractivity contribution is 0.0626. The van der Waals surface area contributed by atoms with Crippen LogP contribution >= 0.6 is 15.9 Å². The second-order valence-electron chi connectivity index (χ2n) is 6.28. The Balaban J connectivity index is 1.37. The molecule has 128 valence electrons. The van der Waals surface area contributed by atoms with Gasteiger partial charge in [-0.25, -0.2) is 4.98 Å². The van der Waals surface area contributed by atoms with Gasteiger partial charge in [0.2, 0.25) is 0 Å². The van der Waals surface area contributed by atoms with Crippen molar-refractivity contribution in [2.45, 2.75) is 6.54 Å². The summed E-state index contributed by atoms with van der Waals surface area (Å²) in [5.41, 5.74) is 2.81. The first kappa shape index (κ1) is 16.3. The quantitative estimate of drug-likeness (QED) is 0.736. The number of hydrogen-bond donors (Lipinski definition) is 1. The van der Waals surface area contributed by atoms with E-state index in [1.54, 1.807) is 0 Å². The zero-order valence-electron chi connectivity index (χ0n) is 13.8. The molecule has 5 nitrogen and oxygen atoms in total. The highest BCUT2D eigenvalue weighted by Crippen LogP contribution is 2.16. The average Bonchev–Trinajstić information content (AvgIpc) is 3.04. The van der Waals surface area contributed by atoms with Gasteiger partial charge in [0, 0.05) is 36.2 Å². The molecule has 1 fully saturated rings. The molecule has 0 atom stereocenters. The minimum Gasteiger partial charge on any atom is -0.341 e. The number of amides is 1. The summed E-state index contributed by atoms with van der Waals surface area (Å²) in [5.74, 6) is 1.08. The SMILES string of the molecule is O=C(c1cccc(Br)c1)N1CCN(Cc2nc3ccccc3[nH]2)CC1. The lowest BCUT2D eigenvalue weighted by atomic mass is 10.2. The standard InChI is InChI=1S/C19H19BrN4O/c20-15-5-3-4-14(12-15)19(25)24-10-8-23(9-11-24)13-18-21-16-6-1-2-7-17(16)22-18/h1-7,12H,8-11,13H2,(H,21,22). The van der Waals surface area contributed by atoms with Crippen LogP contribution in [0.25, 0.3) is 11.0 Å². The van der Waals surface area contributed by atoms with E-state index >= 15 is 0 Å². The smallest absolute Gasteiger partial charge is 0.253 e. The molecule has 1 aromatic heterocycles. The van der Waals surface area contributed by atoms with Crippen LogP contribution in [0.3, 0.4) is 0 Å². The Morgan fingerprint density at radius 2 is 1.88 bits per heavy atom. The molecule has 1 aliphatic heterocycles. The zero-order valence-corrected chi connectivity index (χ0v) is 15.4. The predicted molar refractivity (Wildman–Crippen MR) is 101 cm³/mol. The maximum absolute atomic E-state index is 12.6. The van der Waals surface area contributed by atoms with Crippen molar-refractivity contribution in [1.29, 1.82) is 0 Å². The highest BCUT2D eigenvalue weighted by molar-refractivity contribution is 9.10. The van der Waals surface area contributed by atoms with Gasteiger partial charge in [0.15, 0.2) is 0 Å². The van der Waals surface area contributed by atoms with Gasteiger partial charge >= 0.3 is 0 Å². The van der Waals surface area contributed by atoms with Crippen molar-refractivity contribution >= 4 is 32.9 Å². The monoisotopic (exact) mass is 398 g/mol. The average molecular weight is 399 g/mol. The number of aromatic amines is 1. The summed E-state index contributed by atoms with van der Waals surface area (Å²) in [7, 11) is 0. The first-order chi connectivity index (χ1) is 12.2. The van der Waals surface area contributed by atoms with Crippen molar-refractivity contribution in [3.63, 3.8) is 0 Å². The molecule has 1 aliphatic rings. The van der Waals surface area contributed by atoms with Crippen molar-refractivity contribution < 1.29 is 4.79 Å². The second-order valence-corrected chi connectivity index (χ2v) is 7.20. The molecule has 0 bridgehead atoms. The third kappa shape index (κ3) is 3.60. The number of carbonyl (C=O) groups is 1. The van der Waals surface area contributed by atoms with Gasteiger partial charge in [0.05, 0.1) is 17.6 Å². The summed E-state index contributed by atoms with van der Waals surface area (Å²) in [4.78, 5) is 24.9. The maximum atomic E-state index is 12.6. The van der Waals surface area contributed by atoms with Crippen molar-refractivity contribution in [3.05, 3.63) is 64.4 Å². The summed E-state index contributed by atoms with van der Waals surface area (Å²) in [5, 5.41) is 0. The van der Waals surface area contributed by atoms with Gasteiger partial charge in [-0.15, -0.1) is 0 Å². The molecule has 6 heteroatoms. The van der Waals surface area contributed by atoms with E-state index in [1.165, 1.54) is 0 Å². The molecule has 1 N–H and O–H groups in total. The number of hydrogen-bond acceptors (Lipinski definition) is 3. The number of benzene rings is 2. The molecule has 0 spiro atoms. The Hall–Kier alpha value is -2.18. The van der Waals surface area contributed by atoms with Gasteiger partial charge in [-0.1, -0.05) is 34.1 Å². The summed E-state index contributed by atoms with van der Waals surface area (Å²) in [6.07, 6.45) is 0. The molecule has 3 aromatic rings. The van der Waals surface area contributed by atoms with E-state index in [2.05, 4.69) is 30.8 Å². The predicted octanol–water partition coefficient (Wildman–Crippen LogP) is 3.28. The van der Waals surface area contributed by atoms with Crippen LogP contribution < -0.4 is 0 Å². The number of nitrogens with one attached hydrogen (secondary N) is 1. The number of piperazine rings is 1. The van der Waals surface area contributed by atoms with E-state index in [4.69, 9.17) is 0 Å². The Kier molecular flexibility index (Phi) is 4.55. The molecule has 4 rings (SSSR count). The summed E-state index contributed by atoms with van der Waals surface area (Å²) >= 11 is 3.43. The summed E-state index contributed by atoms with van der Waals surface area (Å²) in [6, 6.07) is 15.6. The van der Waals surface area contributed by atoms with Crippen LogP contribution in [0.4, 0.5) is 0 Å². The van der Waals surface area contributed by atoms with Crippen molar-refractivity contribution in [3.8, 4) is 0 Å². The molecule has 1 saturated heterocycles. The van der Waals surface area contributed by atoms with E-state index in [1.807, 2.05) is 53.4 Å². The molecule has 0 aliphatic carbocycles. The highest BCUT2D eigenvalue weighted by atomic mass is 79.9. The zero-order chi connectivity index (χ0) is 17.2. The minimum absolute atomic E-state index is 0.102. The molecule has 0 radical (unpaired) electrons. The molecular weight excluding hydrogens is 380 g/mol. The Bertz CT molecular complexity index is 866. The fourth-order valence-electron chi connectivity index (χ4n) is 3.21. The number of halogens is 1. The van der Waals surface area contributed by atoms with Crippen LogP contribution in [0.1, 0.15) is 16.2 Å². The second kappa shape index (κ2) is 6.98. The summed E-state index contributed by atoms with van der Waals surface area (Å²) in [6.45, 7) is 3.98. The van der Waals surface area contributed by atoms with E-state index in [-0.39, 0.29) is 5.91 Å². The number of fused-ring (bicyclic) bond motifs is 1. The van der Waals surface area contributed by atoms with Crippen molar-refractivity contribution in [1.82, 2.24) is 19.8 Å². The van der Waals surface area contributed by atoms with Crippen LogP contribution in [0.2, 0.25) is 0 Å². The third-order valence-electron chi connectivity index (χ3n) is 4.54. The molecule has 0 unspecified atom stereocenters. The van der Waals surface area contributed by atoms with Gasteiger partial charge in [0.25, 0.3) is 5.91 Å². The van der Waals surface area contributed by atoms with Crippen LogP contribution in [0.15, 0.2) is 53.0 Å². The largest absolute Gasteiger partial charge is 0.341 e. The molecule has 1 amide bonds. The normalized spacial score (nSPS) is 15.6. The lowest BCUT2D eigenvalue weighted by Crippen LogP contribution is -2.48. The number of aromatic nitrogens is 2. The Labute approximate surface area is 154 Å². The fraction of sp³-hybridized carbons (Fsp3) is 0.263. The van der Waals surface area contributed by atoms with Gasteiger partial charge in [-0.2, -0.15) is 0 Å². The first-order valence-electron chi connectivity index (χ1n) is 8.40. The lowest BCUT2D eigenvalue weighted by Gasteiger charge is -2.34. The van der Waals surface area contributed by atoms with E-state index in [9.17, 15) is 4.79 Å². The third-order valence-corrected chi connectivity index (χ3v) is 5.04. The van der Waals surface area contributed by atoms with Gasteiger partial charge in [-0.3, -0.25) is 9.69 Å². The number of para-hydroxylation sites is 2. The molecule has 2 aromatic carbocycles. The van der Waals surface area contributed by atoms with Crippen LogP contribution in [-0.2, 0) is 6.54 Å². The minimum atomic E-state index is 0.102. The number of rotatable bonds is 3. The molecular formula is C19H19BrN4O.